The average Bonchev–Trinajstić information content (AvgIpc) is 3.22. The summed E-state index contributed by atoms with van der Waals surface area (Å²) in [5, 5.41) is 0.982. The number of hydrogen-bond donors (Lipinski definition) is 1. The summed E-state index contributed by atoms with van der Waals surface area (Å²) in [7, 11) is 2.92. The van der Waals surface area contributed by atoms with E-state index in [-0.39, 0.29) is 5.82 Å². The first kappa shape index (κ1) is 21.2. The maximum atomic E-state index is 13.7. The molecule has 1 fully saturated rings. The second-order valence-electron chi connectivity index (χ2n) is 7.75. The SMILES string of the molecule is COC(=O)c1ccc(OC)cc1OCCN1CCC(c2c[nH]c3ccc(F)cc23)CC1. The summed E-state index contributed by atoms with van der Waals surface area (Å²) in [5.74, 6) is 0.859. The van der Waals surface area contributed by atoms with E-state index in [1.165, 1.54) is 18.7 Å². The van der Waals surface area contributed by atoms with Crippen molar-refractivity contribution in [3.63, 3.8) is 0 Å². The molecular weight excluding hydrogens is 399 g/mol. The zero-order valence-electron chi connectivity index (χ0n) is 17.8. The molecule has 2 heterocycles. The minimum absolute atomic E-state index is 0.202. The number of benzene rings is 2. The number of esters is 1. The molecular formula is C24H27FN2O4. The number of nitrogens with one attached hydrogen (secondary N) is 1. The predicted octanol–water partition coefficient (Wildman–Crippen LogP) is 4.36. The van der Waals surface area contributed by atoms with Gasteiger partial charge in [0.25, 0.3) is 0 Å². The van der Waals surface area contributed by atoms with Gasteiger partial charge in [0.15, 0.2) is 0 Å². The molecule has 0 radical (unpaired) electrons. The summed E-state index contributed by atoms with van der Waals surface area (Å²) < 4.78 is 29.7. The number of ether oxygens (including phenoxy) is 3. The lowest BCUT2D eigenvalue weighted by Gasteiger charge is -2.31. The third-order valence-corrected chi connectivity index (χ3v) is 5.96. The molecule has 4 rings (SSSR count). The van der Waals surface area contributed by atoms with E-state index in [0.717, 1.165) is 43.4 Å². The maximum Gasteiger partial charge on any atom is 0.341 e. The van der Waals surface area contributed by atoms with Gasteiger partial charge in [-0.25, -0.2) is 9.18 Å². The minimum atomic E-state index is -0.436. The topological polar surface area (TPSA) is 63.8 Å². The minimum Gasteiger partial charge on any atom is -0.497 e. The Morgan fingerprint density at radius 3 is 2.71 bits per heavy atom. The molecule has 1 saturated heterocycles. The van der Waals surface area contributed by atoms with Crippen LogP contribution in [0.4, 0.5) is 4.39 Å². The molecule has 0 amide bonds. The smallest absolute Gasteiger partial charge is 0.341 e. The highest BCUT2D eigenvalue weighted by atomic mass is 19.1. The summed E-state index contributed by atoms with van der Waals surface area (Å²) >= 11 is 0. The number of methoxy groups -OCH3 is 2. The van der Waals surface area contributed by atoms with Crippen molar-refractivity contribution in [2.45, 2.75) is 18.8 Å². The number of rotatable bonds is 7. The van der Waals surface area contributed by atoms with Crippen LogP contribution in [0.2, 0.25) is 0 Å². The van der Waals surface area contributed by atoms with Gasteiger partial charge in [-0.05, 0) is 67.7 Å². The lowest BCUT2D eigenvalue weighted by molar-refractivity contribution is 0.0595. The first-order valence-electron chi connectivity index (χ1n) is 10.5. The normalized spacial score (nSPS) is 15.2. The molecule has 1 aliphatic heterocycles. The standard InChI is InChI=1S/C24H27FN2O4/c1-29-18-4-5-19(24(28)30-2)23(14-18)31-12-11-27-9-7-16(8-10-27)21-15-26-22-6-3-17(25)13-20(21)22/h3-6,13-16,26H,7-12H2,1-2H3. The molecule has 0 saturated carbocycles. The van der Waals surface area contributed by atoms with Crippen LogP contribution < -0.4 is 9.47 Å². The van der Waals surface area contributed by atoms with E-state index in [2.05, 4.69) is 9.88 Å². The fourth-order valence-corrected chi connectivity index (χ4v) is 4.23. The molecule has 31 heavy (non-hydrogen) atoms. The molecule has 6 nitrogen and oxygen atoms in total. The van der Waals surface area contributed by atoms with Gasteiger partial charge in [0.05, 0.1) is 14.2 Å². The predicted molar refractivity (Wildman–Crippen MR) is 117 cm³/mol. The Morgan fingerprint density at radius 2 is 1.97 bits per heavy atom. The molecule has 0 spiro atoms. The number of carbonyl (C=O) groups excluding carboxylic acids is 1. The molecule has 1 aliphatic rings. The number of hydrogen-bond acceptors (Lipinski definition) is 5. The molecule has 164 valence electrons. The molecule has 7 heteroatoms. The second-order valence-corrected chi connectivity index (χ2v) is 7.75. The monoisotopic (exact) mass is 426 g/mol. The Hall–Kier alpha value is -3.06. The van der Waals surface area contributed by atoms with Crippen molar-refractivity contribution in [1.29, 1.82) is 0 Å². The van der Waals surface area contributed by atoms with Crippen LogP contribution in [0.15, 0.2) is 42.6 Å². The van der Waals surface area contributed by atoms with E-state index < -0.39 is 5.97 Å². The Labute approximate surface area is 180 Å². The highest BCUT2D eigenvalue weighted by Gasteiger charge is 2.23. The first-order valence-corrected chi connectivity index (χ1v) is 10.5. The van der Waals surface area contributed by atoms with Gasteiger partial charge in [-0.2, -0.15) is 0 Å². The molecule has 0 aliphatic carbocycles. The van der Waals surface area contributed by atoms with Gasteiger partial charge in [0.1, 0.15) is 29.5 Å². The van der Waals surface area contributed by atoms with Crippen molar-refractivity contribution >= 4 is 16.9 Å². The zero-order valence-corrected chi connectivity index (χ0v) is 17.8. The Balaban J connectivity index is 1.33. The van der Waals surface area contributed by atoms with Gasteiger partial charge in [0, 0.05) is 29.7 Å². The summed E-state index contributed by atoms with van der Waals surface area (Å²) in [5.41, 5.74) is 2.56. The van der Waals surface area contributed by atoms with E-state index >= 15 is 0 Å². The van der Waals surface area contributed by atoms with E-state index in [1.807, 2.05) is 6.20 Å². The van der Waals surface area contributed by atoms with Crippen LogP contribution in [0, 0.1) is 5.82 Å². The van der Waals surface area contributed by atoms with Crippen LogP contribution in [0.5, 0.6) is 11.5 Å². The van der Waals surface area contributed by atoms with Gasteiger partial charge in [0.2, 0.25) is 0 Å². The number of aromatic nitrogens is 1. The van der Waals surface area contributed by atoms with Crippen LogP contribution in [0.1, 0.15) is 34.7 Å². The second kappa shape index (κ2) is 9.39. The number of piperidine rings is 1. The van der Waals surface area contributed by atoms with Crippen LogP contribution in [-0.2, 0) is 4.74 Å². The number of H-pyrrole nitrogens is 1. The molecule has 1 aromatic heterocycles. The molecule has 1 N–H and O–H groups in total. The molecule has 0 atom stereocenters. The number of fused-ring (bicyclic) bond motifs is 1. The summed E-state index contributed by atoms with van der Waals surface area (Å²) in [6.45, 7) is 3.10. The number of likely N-dealkylation sites (tertiary alicyclic amines) is 1. The molecule has 3 aromatic rings. The Kier molecular flexibility index (Phi) is 6.42. The number of carbonyl (C=O) groups is 1. The van der Waals surface area contributed by atoms with Crippen LogP contribution in [-0.4, -0.2) is 56.3 Å². The molecule has 2 aromatic carbocycles. The fraction of sp³-hybridized carbons (Fsp3) is 0.375. The lowest BCUT2D eigenvalue weighted by atomic mass is 9.89. The molecule has 0 bridgehead atoms. The first-order chi connectivity index (χ1) is 15.1. The van der Waals surface area contributed by atoms with Crippen molar-refractivity contribution in [3.05, 3.63) is 59.5 Å². The van der Waals surface area contributed by atoms with Gasteiger partial charge in [-0.3, -0.25) is 4.90 Å². The number of halogens is 1. The van der Waals surface area contributed by atoms with Crippen molar-refractivity contribution in [2.24, 2.45) is 0 Å². The van der Waals surface area contributed by atoms with Crippen LogP contribution >= 0.6 is 0 Å². The lowest BCUT2D eigenvalue weighted by Crippen LogP contribution is -2.35. The van der Waals surface area contributed by atoms with Gasteiger partial charge in [-0.1, -0.05) is 0 Å². The Bertz CT molecular complexity index is 1060. The zero-order chi connectivity index (χ0) is 21.8. The highest BCUT2D eigenvalue weighted by Crippen LogP contribution is 2.33. The number of nitrogens with zero attached hydrogens (tertiary/aromatic N) is 1. The van der Waals surface area contributed by atoms with Gasteiger partial charge < -0.3 is 19.2 Å². The molecule has 0 unspecified atom stereocenters. The van der Waals surface area contributed by atoms with Crippen LogP contribution in [0.3, 0.4) is 0 Å². The quantitative estimate of drug-likeness (QED) is 0.569. The van der Waals surface area contributed by atoms with Crippen molar-refractivity contribution in [3.8, 4) is 11.5 Å². The van der Waals surface area contributed by atoms with Gasteiger partial charge in [-0.15, -0.1) is 0 Å². The fourth-order valence-electron chi connectivity index (χ4n) is 4.23. The highest BCUT2D eigenvalue weighted by molar-refractivity contribution is 5.92. The van der Waals surface area contributed by atoms with Crippen molar-refractivity contribution in [2.75, 3.05) is 40.5 Å². The average molecular weight is 426 g/mol. The Morgan fingerprint density at radius 1 is 1.16 bits per heavy atom. The van der Waals surface area contributed by atoms with E-state index in [1.54, 1.807) is 37.4 Å². The summed E-state index contributed by atoms with van der Waals surface area (Å²) in [6.07, 6.45) is 4.04. The van der Waals surface area contributed by atoms with Crippen molar-refractivity contribution in [1.82, 2.24) is 9.88 Å². The van der Waals surface area contributed by atoms with E-state index in [4.69, 9.17) is 14.2 Å². The van der Waals surface area contributed by atoms with Crippen LogP contribution in [0.25, 0.3) is 10.9 Å². The summed E-state index contributed by atoms with van der Waals surface area (Å²) in [6, 6.07) is 9.96. The third kappa shape index (κ3) is 4.66. The third-order valence-electron chi connectivity index (χ3n) is 5.96. The van der Waals surface area contributed by atoms with Crippen molar-refractivity contribution < 1.29 is 23.4 Å². The largest absolute Gasteiger partial charge is 0.497 e. The summed E-state index contributed by atoms with van der Waals surface area (Å²) in [4.78, 5) is 17.6. The van der Waals surface area contributed by atoms with E-state index in [9.17, 15) is 9.18 Å². The van der Waals surface area contributed by atoms with Gasteiger partial charge >= 0.3 is 5.97 Å². The van der Waals surface area contributed by atoms with E-state index in [0.29, 0.717) is 29.6 Å². The maximum absolute atomic E-state index is 13.7. The number of aromatic amines is 1.